The van der Waals surface area contributed by atoms with Gasteiger partial charge in [0.05, 0.1) is 6.61 Å². The Bertz CT molecular complexity index is 497. The highest BCUT2D eigenvalue weighted by atomic mass is 32.2. The Kier molecular flexibility index (Phi) is 3.40. The van der Waals surface area contributed by atoms with E-state index < -0.39 is 4.75 Å². The van der Waals surface area contributed by atoms with E-state index in [0.29, 0.717) is 18.4 Å². The minimum absolute atomic E-state index is 0.0410. The van der Waals surface area contributed by atoms with Crippen LogP contribution in [0.15, 0.2) is 47.4 Å². The third kappa shape index (κ3) is 2.20. The predicted octanol–water partition coefficient (Wildman–Crippen LogP) is 3.68. The molecule has 19 heavy (non-hydrogen) atoms. The molecule has 0 aromatic heterocycles. The van der Waals surface area contributed by atoms with Crippen LogP contribution in [-0.4, -0.2) is 17.3 Å². The van der Waals surface area contributed by atoms with E-state index in [2.05, 4.69) is 24.3 Å². The number of rotatable bonds is 4. The van der Waals surface area contributed by atoms with Gasteiger partial charge in [-0.05, 0) is 37.8 Å². The van der Waals surface area contributed by atoms with Crippen molar-refractivity contribution in [2.75, 3.05) is 6.61 Å². The highest BCUT2D eigenvalue weighted by Crippen LogP contribution is 2.56. The zero-order valence-electron chi connectivity index (χ0n) is 11.0. The van der Waals surface area contributed by atoms with Crippen molar-refractivity contribution in [1.82, 2.24) is 0 Å². The van der Waals surface area contributed by atoms with E-state index >= 15 is 0 Å². The number of benzene rings is 1. The number of hydrogen-bond donors (Lipinski definition) is 0. The predicted molar refractivity (Wildman–Crippen MR) is 77.0 cm³/mol. The van der Waals surface area contributed by atoms with Crippen molar-refractivity contribution in [2.24, 2.45) is 11.8 Å². The minimum atomic E-state index is -0.406. The molecule has 1 fully saturated rings. The van der Waals surface area contributed by atoms with E-state index in [9.17, 15) is 4.79 Å². The second-order valence-electron chi connectivity index (χ2n) is 5.22. The Morgan fingerprint density at radius 2 is 2.16 bits per heavy atom. The summed E-state index contributed by atoms with van der Waals surface area (Å²) in [5.74, 6) is 0.827. The quantitative estimate of drug-likeness (QED) is 0.619. The van der Waals surface area contributed by atoms with Gasteiger partial charge >= 0.3 is 5.97 Å². The molecule has 0 N–H and O–H groups in total. The maximum atomic E-state index is 12.5. The lowest BCUT2D eigenvalue weighted by molar-refractivity contribution is -0.146. The Balaban J connectivity index is 1.90. The summed E-state index contributed by atoms with van der Waals surface area (Å²) in [6, 6.07) is 10.2. The first-order valence-corrected chi connectivity index (χ1v) is 7.66. The van der Waals surface area contributed by atoms with Gasteiger partial charge in [0.2, 0.25) is 0 Å². The number of esters is 1. The van der Waals surface area contributed by atoms with Crippen LogP contribution in [0.5, 0.6) is 0 Å². The molecular formula is C16H18O2S. The zero-order valence-corrected chi connectivity index (χ0v) is 11.9. The molecule has 3 rings (SSSR count). The summed E-state index contributed by atoms with van der Waals surface area (Å²) in [6.45, 7) is 2.33. The van der Waals surface area contributed by atoms with Gasteiger partial charge in [0, 0.05) is 10.8 Å². The third-order valence-electron chi connectivity index (χ3n) is 4.00. The molecule has 0 saturated heterocycles. The number of carbonyl (C=O) groups excluding carboxylic acids is 1. The summed E-state index contributed by atoms with van der Waals surface area (Å²) in [6.07, 6.45) is 6.47. The van der Waals surface area contributed by atoms with Crippen molar-refractivity contribution in [2.45, 2.75) is 29.4 Å². The van der Waals surface area contributed by atoms with Crippen molar-refractivity contribution in [3.05, 3.63) is 42.5 Å². The number of fused-ring (bicyclic) bond motifs is 2. The topological polar surface area (TPSA) is 26.3 Å². The first kappa shape index (κ1) is 12.8. The van der Waals surface area contributed by atoms with Gasteiger partial charge in [0.1, 0.15) is 4.75 Å². The average molecular weight is 274 g/mol. The summed E-state index contributed by atoms with van der Waals surface area (Å²) in [4.78, 5) is 13.6. The molecule has 1 saturated carbocycles. The van der Waals surface area contributed by atoms with Crippen molar-refractivity contribution in [1.29, 1.82) is 0 Å². The van der Waals surface area contributed by atoms with Gasteiger partial charge in [0.25, 0.3) is 0 Å². The molecule has 3 heteroatoms. The van der Waals surface area contributed by atoms with Gasteiger partial charge in [-0.1, -0.05) is 30.4 Å². The summed E-state index contributed by atoms with van der Waals surface area (Å²) in [5.41, 5.74) is 0. The van der Waals surface area contributed by atoms with Gasteiger partial charge in [-0.15, -0.1) is 11.8 Å². The number of hydrogen-bond acceptors (Lipinski definition) is 3. The molecule has 0 heterocycles. The van der Waals surface area contributed by atoms with E-state index in [1.54, 1.807) is 11.8 Å². The highest BCUT2D eigenvalue weighted by Gasteiger charge is 2.55. The van der Waals surface area contributed by atoms with Crippen LogP contribution in [0.2, 0.25) is 0 Å². The number of allylic oxidation sites excluding steroid dienone is 2. The molecule has 2 aliphatic rings. The molecule has 0 aliphatic heterocycles. The van der Waals surface area contributed by atoms with Crippen LogP contribution in [-0.2, 0) is 9.53 Å². The molecule has 0 spiro atoms. The smallest absolute Gasteiger partial charge is 0.323 e. The summed E-state index contributed by atoms with van der Waals surface area (Å²) >= 11 is 1.68. The van der Waals surface area contributed by atoms with Gasteiger partial charge in [-0.3, -0.25) is 4.79 Å². The maximum Gasteiger partial charge on any atom is 0.323 e. The molecule has 1 aromatic rings. The van der Waals surface area contributed by atoms with Crippen LogP contribution in [0, 0.1) is 11.8 Å². The van der Waals surface area contributed by atoms with Crippen LogP contribution in [0.25, 0.3) is 0 Å². The zero-order chi connectivity index (χ0) is 13.3. The number of ether oxygens (including phenoxy) is 1. The van der Waals surface area contributed by atoms with Crippen LogP contribution >= 0.6 is 11.8 Å². The van der Waals surface area contributed by atoms with Gasteiger partial charge in [-0.2, -0.15) is 0 Å². The minimum Gasteiger partial charge on any atom is -0.465 e. The van der Waals surface area contributed by atoms with Crippen LogP contribution < -0.4 is 0 Å². The fourth-order valence-corrected chi connectivity index (χ4v) is 4.64. The van der Waals surface area contributed by atoms with Crippen molar-refractivity contribution in [3.8, 4) is 0 Å². The first-order chi connectivity index (χ1) is 9.24. The van der Waals surface area contributed by atoms with E-state index in [4.69, 9.17) is 4.74 Å². The van der Waals surface area contributed by atoms with Crippen LogP contribution in [0.3, 0.4) is 0 Å². The normalized spacial score (nSPS) is 31.6. The van der Waals surface area contributed by atoms with Crippen LogP contribution in [0.4, 0.5) is 0 Å². The lowest BCUT2D eigenvalue weighted by Crippen LogP contribution is -2.40. The molecule has 1 aromatic carbocycles. The van der Waals surface area contributed by atoms with E-state index in [0.717, 1.165) is 17.7 Å². The molecule has 0 radical (unpaired) electrons. The van der Waals surface area contributed by atoms with Crippen molar-refractivity contribution < 1.29 is 9.53 Å². The lowest BCUT2D eigenvalue weighted by Gasteiger charge is -2.32. The monoisotopic (exact) mass is 274 g/mol. The summed E-state index contributed by atoms with van der Waals surface area (Å²) in [5, 5.41) is 0. The molecule has 0 amide bonds. The van der Waals surface area contributed by atoms with Gasteiger partial charge in [-0.25, -0.2) is 0 Å². The molecule has 2 aliphatic carbocycles. The average Bonchev–Trinajstić information content (AvgIpc) is 3.01. The van der Waals surface area contributed by atoms with E-state index in [-0.39, 0.29) is 5.97 Å². The van der Waals surface area contributed by atoms with Crippen molar-refractivity contribution in [3.63, 3.8) is 0 Å². The van der Waals surface area contributed by atoms with E-state index in [1.165, 1.54) is 0 Å². The second-order valence-corrected chi connectivity index (χ2v) is 6.62. The largest absolute Gasteiger partial charge is 0.465 e. The Hall–Kier alpha value is -1.22. The molecular weight excluding hydrogens is 256 g/mol. The fraction of sp³-hybridized carbons (Fsp3) is 0.438. The van der Waals surface area contributed by atoms with Gasteiger partial charge in [0.15, 0.2) is 0 Å². The maximum absolute atomic E-state index is 12.5. The Morgan fingerprint density at radius 3 is 2.74 bits per heavy atom. The number of carbonyl (C=O) groups is 1. The standard InChI is InChI=1S/C16H18O2S/c1-2-18-15(17)16(11-12-8-9-13(16)10-12)19-14-6-4-3-5-7-14/h3-9,12-13H,2,10-11H2,1H3/t12-,13+,16+/m0/s1. The SMILES string of the molecule is CCOC(=O)[C@@]1(Sc2ccccc2)C[C@H]2C=C[C@@H]1C2. The molecule has 3 atom stereocenters. The fourth-order valence-electron chi connectivity index (χ4n) is 3.16. The third-order valence-corrected chi connectivity index (χ3v) is 5.51. The van der Waals surface area contributed by atoms with E-state index in [1.807, 2.05) is 25.1 Å². The summed E-state index contributed by atoms with van der Waals surface area (Å²) in [7, 11) is 0. The summed E-state index contributed by atoms with van der Waals surface area (Å²) < 4.78 is 4.95. The van der Waals surface area contributed by atoms with Crippen LogP contribution in [0.1, 0.15) is 19.8 Å². The highest BCUT2D eigenvalue weighted by molar-refractivity contribution is 8.01. The molecule has 2 bridgehead atoms. The second kappa shape index (κ2) is 5.04. The Morgan fingerprint density at radius 1 is 1.37 bits per heavy atom. The Labute approximate surface area is 118 Å². The van der Waals surface area contributed by atoms with Crippen molar-refractivity contribution >= 4 is 17.7 Å². The number of thioether (sulfide) groups is 1. The first-order valence-electron chi connectivity index (χ1n) is 6.84. The molecule has 2 nitrogen and oxygen atoms in total. The molecule has 0 unspecified atom stereocenters. The van der Waals surface area contributed by atoms with Gasteiger partial charge < -0.3 is 4.74 Å². The lowest BCUT2D eigenvalue weighted by atomic mass is 9.92. The molecule has 100 valence electrons.